The molecule has 23 heavy (non-hydrogen) atoms. The van der Waals surface area contributed by atoms with Crippen LogP contribution in [-0.2, 0) is 6.42 Å². The van der Waals surface area contributed by atoms with Crippen LogP contribution in [0.1, 0.15) is 35.1 Å². The molecule has 8 nitrogen and oxygen atoms in total. The van der Waals surface area contributed by atoms with Gasteiger partial charge in [0.05, 0.1) is 5.69 Å². The topological polar surface area (TPSA) is 98.5 Å². The number of unbranched alkanes of at least 4 members (excludes halogenated alkanes) is 1. The molecule has 1 N–H and O–H groups in total. The van der Waals surface area contributed by atoms with E-state index in [2.05, 4.69) is 38.0 Å². The average molecular weight is 329 g/mol. The molecule has 0 bridgehead atoms. The Balaban J connectivity index is 1.65. The molecule has 2 heterocycles. The van der Waals surface area contributed by atoms with E-state index in [0.29, 0.717) is 10.7 Å². The van der Waals surface area contributed by atoms with E-state index in [9.17, 15) is 4.79 Å². The Morgan fingerprint density at radius 3 is 2.78 bits per heavy atom. The van der Waals surface area contributed by atoms with Crippen molar-refractivity contribution < 1.29 is 4.79 Å². The number of tetrazole rings is 1. The number of carbonyl (C=O) groups is 1. The zero-order valence-corrected chi connectivity index (χ0v) is 13.3. The summed E-state index contributed by atoms with van der Waals surface area (Å²) in [5.41, 5.74) is 1.32. The van der Waals surface area contributed by atoms with E-state index < -0.39 is 0 Å². The van der Waals surface area contributed by atoms with Gasteiger partial charge in [-0.25, -0.2) is 4.68 Å². The van der Waals surface area contributed by atoms with E-state index in [1.165, 1.54) is 22.3 Å². The second-order valence-corrected chi connectivity index (χ2v) is 5.92. The molecule has 0 unspecified atom stereocenters. The van der Waals surface area contributed by atoms with E-state index in [4.69, 9.17) is 0 Å². The van der Waals surface area contributed by atoms with Gasteiger partial charge in [-0.1, -0.05) is 24.7 Å². The molecule has 2 aromatic heterocycles. The van der Waals surface area contributed by atoms with Gasteiger partial charge in [-0.15, -0.1) is 15.3 Å². The average Bonchev–Trinajstić information content (AvgIpc) is 3.25. The first-order chi connectivity index (χ1) is 11.3. The van der Waals surface area contributed by atoms with Gasteiger partial charge >= 0.3 is 0 Å². The fourth-order valence-corrected chi connectivity index (χ4v) is 2.72. The maximum absolute atomic E-state index is 12.2. The van der Waals surface area contributed by atoms with Crippen LogP contribution >= 0.6 is 11.3 Å². The molecule has 1 amide bonds. The van der Waals surface area contributed by atoms with E-state index >= 15 is 0 Å². The minimum Gasteiger partial charge on any atom is -0.296 e. The largest absolute Gasteiger partial charge is 0.296 e. The van der Waals surface area contributed by atoms with E-state index in [1.54, 1.807) is 24.3 Å². The Hall–Kier alpha value is -2.68. The highest BCUT2D eigenvalue weighted by Crippen LogP contribution is 2.18. The van der Waals surface area contributed by atoms with E-state index in [0.717, 1.165) is 30.0 Å². The first-order valence-corrected chi connectivity index (χ1v) is 8.05. The predicted molar refractivity (Wildman–Crippen MR) is 85.6 cm³/mol. The highest BCUT2D eigenvalue weighted by molar-refractivity contribution is 7.15. The van der Waals surface area contributed by atoms with Crippen LogP contribution < -0.4 is 5.32 Å². The summed E-state index contributed by atoms with van der Waals surface area (Å²) < 4.78 is 1.52. The molecule has 0 fully saturated rings. The lowest BCUT2D eigenvalue weighted by Gasteiger charge is -2.03. The number of anilines is 1. The van der Waals surface area contributed by atoms with Crippen molar-refractivity contribution in [1.82, 2.24) is 30.4 Å². The number of nitrogens with one attached hydrogen (secondary N) is 1. The predicted octanol–water partition coefficient (Wildman–Crippen LogP) is 2.11. The number of amides is 1. The fraction of sp³-hybridized carbons (Fsp3) is 0.286. The van der Waals surface area contributed by atoms with Gasteiger partial charge in [-0.2, -0.15) is 0 Å². The van der Waals surface area contributed by atoms with Crippen molar-refractivity contribution in [2.75, 3.05) is 5.32 Å². The highest BCUT2D eigenvalue weighted by atomic mass is 32.1. The molecule has 0 spiro atoms. The maximum Gasteiger partial charge on any atom is 0.257 e. The summed E-state index contributed by atoms with van der Waals surface area (Å²) in [6.07, 6.45) is 4.56. The van der Waals surface area contributed by atoms with Gasteiger partial charge in [0.2, 0.25) is 5.13 Å². The third-order valence-corrected chi connectivity index (χ3v) is 4.07. The lowest BCUT2D eigenvalue weighted by molar-refractivity contribution is 0.102. The Labute approximate surface area is 136 Å². The minimum atomic E-state index is -0.216. The van der Waals surface area contributed by atoms with Crippen LogP contribution in [0.15, 0.2) is 30.6 Å². The van der Waals surface area contributed by atoms with Crippen LogP contribution in [0.4, 0.5) is 5.13 Å². The Bertz CT molecular complexity index is 767. The molecule has 1 aromatic carbocycles. The zero-order valence-electron chi connectivity index (χ0n) is 12.5. The second-order valence-electron chi connectivity index (χ2n) is 4.86. The number of rotatable bonds is 6. The first kappa shape index (κ1) is 15.2. The Kier molecular flexibility index (Phi) is 4.67. The standard InChI is InChI=1S/C14H15N7OS/c1-2-3-4-12-17-18-14(23-12)16-13(22)10-5-7-11(8-6-10)21-9-15-19-20-21/h5-9H,2-4H2,1H3,(H,16,18,22). The van der Waals surface area contributed by atoms with Gasteiger partial charge in [-0.05, 0) is 41.1 Å². The molecule has 0 aliphatic carbocycles. The molecule has 0 radical (unpaired) electrons. The van der Waals surface area contributed by atoms with Crippen molar-refractivity contribution in [3.8, 4) is 5.69 Å². The minimum absolute atomic E-state index is 0.216. The number of aryl methyl sites for hydroxylation is 1. The normalized spacial score (nSPS) is 10.7. The number of nitrogens with zero attached hydrogens (tertiary/aromatic N) is 6. The third-order valence-electron chi connectivity index (χ3n) is 3.17. The smallest absolute Gasteiger partial charge is 0.257 e. The Morgan fingerprint density at radius 2 is 2.09 bits per heavy atom. The molecule has 0 saturated heterocycles. The molecule has 3 aromatic rings. The van der Waals surface area contributed by atoms with Crippen LogP contribution in [-0.4, -0.2) is 36.3 Å². The molecular weight excluding hydrogens is 314 g/mol. The Morgan fingerprint density at radius 1 is 1.26 bits per heavy atom. The van der Waals surface area contributed by atoms with Crippen molar-refractivity contribution in [3.05, 3.63) is 41.2 Å². The number of benzene rings is 1. The molecule has 9 heteroatoms. The van der Waals surface area contributed by atoms with Gasteiger partial charge < -0.3 is 0 Å². The maximum atomic E-state index is 12.2. The number of carbonyl (C=O) groups excluding carboxylic acids is 1. The van der Waals surface area contributed by atoms with Gasteiger partial charge in [0.25, 0.3) is 5.91 Å². The molecule has 0 saturated carbocycles. The van der Waals surface area contributed by atoms with Gasteiger partial charge in [0.15, 0.2) is 0 Å². The van der Waals surface area contributed by atoms with Crippen molar-refractivity contribution >= 4 is 22.4 Å². The summed E-state index contributed by atoms with van der Waals surface area (Å²) in [4.78, 5) is 12.2. The van der Waals surface area contributed by atoms with Crippen LogP contribution in [0.5, 0.6) is 0 Å². The number of aromatic nitrogens is 6. The zero-order chi connectivity index (χ0) is 16.1. The molecule has 0 aliphatic rings. The quantitative estimate of drug-likeness (QED) is 0.743. The van der Waals surface area contributed by atoms with Crippen LogP contribution in [0.25, 0.3) is 5.69 Å². The van der Waals surface area contributed by atoms with E-state index in [-0.39, 0.29) is 5.91 Å². The van der Waals surface area contributed by atoms with Crippen molar-refractivity contribution in [2.45, 2.75) is 26.2 Å². The lowest BCUT2D eigenvalue weighted by Crippen LogP contribution is -2.11. The van der Waals surface area contributed by atoms with Crippen molar-refractivity contribution in [2.24, 2.45) is 0 Å². The van der Waals surface area contributed by atoms with Crippen LogP contribution in [0, 0.1) is 0 Å². The van der Waals surface area contributed by atoms with E-state index in [1.807, 2.05) is 0 Å². The summed E-state index contributed by atoms with van der Waals surface area (Å²) in [5.74, 6) is -0.216. The summed E-state index contributed by atoms with van der Waals surface area (Å²) in [5, 5.41) is 23.2. The summed E-state index contributed by atoms with van der Waals surface area (Å²) >= 11 is 1.41. The highest BCUT2D eigenvalue weighted by Gasteiger charge is 2.10. The molecule has 0 aliphatic heterocycles. The van der Waals surface area contributed by atoms with Gasteiger partial charge in [0.1, 0.15) is 11.3 Å². The molecular formula is C14H15N7OS. The van der Waals surface area contributed by atoms with Crippen LogP contribution in [0.3, 0.4) is 0 Å². The fourth-order valence-electron chi connectivity index (χ4n) is 1.95. The molecule has 0 atom stereocenters. The summed E-state index contributed by atoms with van der Waals surface area (Å²) in [7, 11) is 0. The summed E-state index contributed by atoms with van der Waals surface area (Å²) in [6.45, 7) is 2.13. The molecule has 118 valence electrons. The van der Waals surface area contributed by atoms with Crippen molar-refractivity contribution in [3.63, 3.8) is 0 Å². The SMILES string of the molecule is CCCCc1nnc(NC(=O)c2ccc(-n3cnnn3)cc2)s1. The lowest BCUT2D eigenvalue weighted by atomic mass is 10.2. The van der Waals surface area contributed by atoms with Gasteiger partial charge in [0, 0.05) is 12.0 Å². The third kappa shape index (κ3) is 3.75. The van der Waals surface area contributed by atoms with Crippen molar-refractivity contribution in [1.29, 1.82) is 0 Å². The van der Waals surface area contributed by atoms with Crippen LogP contribution in [0.2, 0.25) is 0 Å². The second kappa shape index (κ2) is 7.05. The van der Waals surface area contributed by atoms with Gasteiger partial charge in [-0.3, -0.25) is 10.1 Å². The number of hydrogen-bond donors (Lipinski definition) is 1. The monoisotopic (exact) mass is 329 g/mol. The molecule has 3 rings (SSSR count). The number of hydrogen-bond acceptors (Lipinski definition) is 7. The first-order valence-electron chi connectivity index (χ1n) is 7.23. The summed E-state index contributed by atoms with van der Waals surface area (Å²) in [6, 6.07) is 6.98.